The molecular weight excluding hydrogens is 450 g/mol. The maximum atomic E-state index is 12.7. The van der Waals surface area contributed by atoms with E-state index in [4.69, 9.17) is 5.73 Å². The van der Waals surface area contributed by atoms with Gasteiger partial charge in [0.25, 0.3) is 0 Å². The molecule has 1 unspecified atom stereocenters. The van der Waals surface area contributed by atoms with Gasteiger partial charge in [0.15, 0.2) is 17.5 Å². The molecule has 0 saturated heterocycles. The molecule has 3 aromatic carbocycles. The van der Waals surface area contributed by atoms with Crippen molar-refractivity contribution in [1.82, 2.24) is 5.32 Å². The Kier molecular flexibility index (Phi) is 5.69. The zero-order chi connectivity index (χ0) is 23.8. The van der Waals surface area contributed by atoms with Crippen molar-refractivity contribution < 1.29 is 19.2 Å². The molecule has 1 atom stereocenters. The van der Waals surface area contributed by atoms with Gasteiger partial charge < -0.3 is 16.4 Å². The summed E-state index contributed by atoms with van der Waals surface area (Å²) in [7, 11) is 0. The molecule has 7 nitrogen and oxygen atoms in total. The van der Waals surface area contributed by atoms with Crippen LogP contribution >= 0.6 is 11.3 Å². The molecule has 8 heteroatoms. The Morgan fingerprint density at radius 1 is 0.971 bits per heavy atom. The number of fused-ring (bicyclic) bond motifs is 3. The first-order valence-electron chi connectivity index (χ1n) is 10.8. The summed E-state index contributed by atoms with van der Waals surface area (Å²) in [5.41, 5.74) is 6.92. The molecule has 0 aliphatic heterocycles. The number of carbonyl (C=O) groups excluding carboxylic acids is 4. The largest absolute Gasteiger partial charge is 0.369 e. The van der Waals surface area contributed by atoms with Crippen LogP contribution in [0.2, 0.25) is 0 Å². The van der Waals surface area contributed by atoms with Crippen molar-refractivity contribution >= 4 is 61.9 Å². The van der Waals surface area contributed by atoms with E-state index in [-0.39, 0.29) is 18.9 Å². The predicted molar refractivity (Wildman–Crippen MR) is 132 cm³/mol. The van der Waals surface area contributed by atoms with Gasteiger partial charge in [0.2, 0.25) is 11.8 Å². The van der Waals surface area contributed by atoms with Crippen LogP contribution in [-0.2, 0) is 27.3 Å². The lowest BCUT2D eigenvalue weighted by molar-refractivity contribution is -0.130. The summed E-state index contributed by atoms with van der Waals surface area (Å²) in [6.07, 6.45) is 0.00808. The normalized spacial score (nSPS) is 15.5. The number of amides is 2. The summed E-state index contributed by atoms with van der Waals surface area (Å²) in [5.74, 6) is -3.48. The first-order valence-corrected chi connectivity index (χ1v) is 11.7. The number of Topliss-reactive ketones (excluding diaryl/α,β-unsaturated/α-hetero) is 2. The van der Waals surface area contributed by atoms with Gasteiger partial charge in [0.05, 0.1) is 6.54 Å². The molecule has 0 bridgehead atoms. The van der Waals surface area contributed by atoms with Crippen LogP contribution in [0, 0.1) is 5.92 Å². The van der Waals surface area contributed by atoms with Gasteiger partial charge >= 0.3 is 0 Å². The summed E-state index contributed by atoms with van der Waals surface area (Å²) in [6, 6.07) is 17.1. The Morgan fingerprint density at radius 3 is 2.50 bits per heavy atom. The first-order chi connectivity index (χ1) is 16.4. The number of benzene rings is 3. The third-order valence-electron chi connectivity index (χ3n) is 5.97. The molecule has 4 aromatic rings. The van der Waals surface area contributed by atoms with E-state index in [2.05, 4.69) is 10.6 Å². The van der Waals surface area contributed by atoms with Gasteiger partial charge in [0.1, 0.15) is 0 Å². The van der Waals surface area contributed by atoms with Crippen LogP contribution in [0.25, 0.3) is 21.5 Å². The highest BCUT2D eigenvalue weighted by atomic mass is 32.1. The van der Waals surface area contributed by atoms with Crippen molar-refractivity contribution in [3.8, 4) is 0 Å². The van der Waals surface area contributed by atoms with E-state index < -0.39 is 23.4 Å². The average molecular weight is 472 g/mol. The first kappa shape index (κ1) is 21.9. The van der Waals surface area contributed by atoms with Gasteiger partial charge in [-0.25, -0.2) is 0 Å². The lowest BCUT2D eigenvalue weighted by Crippen LogP contribution is -2.41. The van der Waals surface area contributed by atoms with E-state index in [9.17, 15) is 19.2 Å². The summed E-state index contributed by atoms with van der Waals surface area (Å²) in [5, 5.41) is 11.6. The minimum atomic E-state index is -1.42. The minimum Gasteiger partial charge on any atom is -0.369 e. The number of ketones is 2. The second-order valence-electron chi connectivity index (χ2n) is 8.34. The van der Waals surface area contributed by atoms with E-state index in [1.807, 2.05) is 53.9 Å². The Bertz CT molecular complexity index is 1480. The standard InChI is InChI=1S/C26H21N3O4S/c27-26(33)24-22(30)11-18-8-15-6-14-3-4-19(9-16(14)7-17(15)10-21(18)25(24)32)29-23(31)13-28-12-20-2-1-5-34-20/h1-10,24,28H,11-13H2,(H2,27,33)(H,29,31). The molecule has 0 fully saturated rings. The van der Waals surface area contributed by atoms with E-state index in [1.165, 1.54) is 0 Å². The number of carbonyl (C=O) groups is 4. The molecule has 1 aliphatic carbocycles. The number of primary amides is 1. The molecule has 5 rings (SSSR count). The smallest absolute Gasteiger partial charge is 0.238 e. The highest BCUT2D eigenvalue weighted by molar-refractivity contribution is 7.09. The predicted octanol–water partition coefficient (Wildman–Crippen LogP) is 3.19. The molecule has 1 aromatic heterocycles. The molecule has 0 saturated carbocycles. The van der Waals surface area contributed by atoms with Crippen LogP contribution in [0.4, 0.5) is 5.69 Å². The van der Waals surface area contributed by atoms with E-state index in [0.29, 0.717) is 23.4 Å². The minimum absolute atomic E-state index is 0.00808. The second kappa shape index (κ2) is 8.81. The van der Waals surface area contributed by atoms with Gasteiger partial charge in [0, 0.05) is 29.1 Å². The second-order valence-corrected chi connectivity index (χ2v) is 9.38. The Labute approximate surface area is 198 Å². The topological polar surface area (TPSA) is 118 Å². The summed E-state index contributed by atoms with van der Waals surface area (Å²) >= 11 is 1.64. The van der Waals surface area contributed by atoms with Gasteiger partial charge in [-0.2, -0.15) is 0 Å². The molecule has 34 heavy (non-hydrogen) atoms. The molecular formula is C26H21N3O4S. The highest BCUT2D eigenvalue weighted by Gasteiger charge is 2.38. The number of hydrogen-bond donors (Lipinski definition) is 3. The zero-order valence-corrected chi connectivity index (χ0v) is 18.9. The Balaban J connectivity index is 1.39. The lowest BCUT2D eigenvalue weighted by atomic mass is 9.80. The maximum absolute atomic E-state index is 12.7. The van der Waals surface area contributed by atoms with Gasteiger partial charge in [-0.15, -0.1) is 11.3 Å². The van der Waals surface area contributed by atoms with Crippen LogP contribution in [0.1, 0.15) is 20.8 Å². The molecule has 1 heterocycles. The summed E-state index contributed by atoms with van der Waals surface area (Å²) in [4.78, 5) is 50.1. The van der Waals surface area contributed by atoms with Crippen molar-refractivity contribution in [1.29, 1.82) is 0 Å². The third kappa shape index (κ3) is 4.21. The van der Waals surface area contributed by atoms with E-state index in [0.717, 1.165) is 26.4 Å². The van der Waals surface area contributed by atoms with Crippen LogP contribution in [0.15, 0.2) is 60.0 Å². The molecule has 0 spiro atoms. The zero-order valence-electron chi connectivity index (χ0n) is 18.1. The van der Waals surface area contributed by atoms with Gasteiger partial charge in [-0.05, 0) is 75.0 Å². The van der Waals surface area contributed by atoms with Crippen LogP contribution in [0.3, 0.4) is 0 Å². The Hall–Kier alpha value is -3.88. The maximum Gasteiger partial charge on any atom is 0.238 e. The molecule has 2 amide bonds. The van der Waals surface area contributed by atoms with Gasteiger partial charge in [-0.1, -0.05) is 12.1 Å². The summed E-state index contributed by atoms with van der Waals surface area (Å²) < 4.78 is 0. The van der Waals surface area contributed by atoms with Crippen molar-refractivity contribution in [2.24, 2.45) is 11.7 Å². The van der Waals surface area contributed by atoms with E-state index >= 15 is 0 Å². The number of hydrogen-bond acceptors (Lipinski definition) is 6. The fraction of sp³-hybridized carbons (Fsp3) is 0.154. The number of anilines is 1. The molecule has 4 N–H and O–H groups in total. The number of nitrogens with one attached hydrogen (secondary N) is 2. The quantitative estimate of drug-likeness (QED) is 0.295. The average Bonchev–Trinajstić information content (AvgIpc) is 3.30. The van der Waals surface area contributed by atoms with Crippen LogP contribution < -0.4 is 16.4 Å². The number of thiophene rings is 1. The van der Waals surface area contributed by atoms with Crippen molar-refractivity contribution in [3.63, 3.8) is 0 Å². The van der Waals surface area contributed by atoms with Crippen molar-refractivity contribution in [3.05, 3.63) is 76.0 Å². The fourth-order valence-corrected chi connectivity index (χ4v) is 5.02. The summed E-state index contributed by atoms with van der Waals surface area (Å²) in [6.45, 7) is 0.835. The van der Waals surface area contributed by atoms with Gasteiger partial charge in [-0.3, -0.25) is 19.2 Å². The number of rotatable bonds is 6. The third-order valence-corrected chi connectivity index (χ3v) is 6.84. The van der Waals surface area contributed by atoms with Crippen LogP contribution in [-0.4, -0.2) is 29.9 Å². The molecule has 0 radical (unpaired) electrons. The lowest BCUT2D eigenvalue weighted by Gasteiger charge is -2.21. The fourth-order valence-electron chi connectivity index (χ4n) is 4.35. The van der Waals surface area contributed by atoms with Crippen molar-refractivity contribution in [2.75, 3.05) is 11.9 Å². The monoisotopic (exact) mass is 471 g/mol. The van der Waals surface area contributed by atoms with Crippen LogP contribution in [0.5, 0.6) is 0 Å². The molecule has 170 valence electrons. The highest BCUT2D eigenvalue weighted by Crippen LogP contribution is 2.31. The number of nitrogens with two attached hydrogens (primary N) is 1. The van der Waals surface area contributed by atoms with E-state index in [1.54, 1.807) is 17.4 Å². The Morgan fingerprint density at radius 2 is 1.74 bits per heavy atom. The SMILES string of the molecule is NC(=O)C1C(=O)Cc2cc3cc4ccc(NC(=O)CNCc5cccs5)cc4cc3cc2C1=O. The molecule has 1 aliphatic rings. The van der Waals surface area contributed by atoms with Crippen molar-refractivity contribution in [2.45, 2.75) is 13.0 Å².